The number of hydroxylamine groups is 2. The molecule has 3 rings (SSSR count). The molecule has 2 aromatic carbocycles. The lowest BCUT2D eigenvalue weighted by Crippen LogP contribution is -2.32. The van der Waals surface area contributed by atoms with Crippen molar-refractivity contribution in [1.29, 1.82) is 0 Å². The number of benzene rings is 2. The summed E-state index contributed by atoms with van der Waals surface area (Å²) < 4.78 is 0. The number of amidine groups is 1. The highest BCUT2D eigenvalue weighted by Crippen LogP contribution is 2.29. The van der Waals surface area contributed by atoms with Crippen molar-refractivity contribution in [3.8, 4) is 0 Å². The maximum absolute atomic E-state index is 12.5. The van der Waals surface area contributed by atoms with Gasteiger partial charge in [-0.2, -0.15) is 0 Å². The van der Waals surface area contributed by atoms with E-state index in [4.69, 9.17) is 16.4 Å². The van der Waals surface area contributed by atoms with E-state index in [9.17, 15) is 9.59 Å². The first-order chi connectivity index (χ1) is 13.3. The summed E-state index contributed by atoms with van der Waals surface area (Å²) in [5.41, 5.74) is 0.747. The Kier molecular flexibility index (Phi) is 5.67. The first-order valence-electron chi connectivity index (χ1n) is 8.70. The van der Waals surface area contributed by atoms with Crippen LogP contribution in [0.1, 0.15) is 29.3 Å². The number of carbonyl (C=O) groups excluding carboxylic acids is 2. The SMILES string of the molecule is CNC(=O)c1cccc(NC(=O)CC2(C)N=C(c3cccc(Cl)c3)N(C)O2)c1. The van der Waals surface area contributed by atoms with Crippen LogP contribution in [0.5, 0.6) is 0 Å². The lowest BCUT2D eigenvalue weighted by Gasteiger charge is -2.21. The Hall–Kier alpha value is -2.90. The summed E-state index contributed by atoms with van der Waals surface area (Å²) in [7, 11) is 3.29. The second-order valence-corrected chi connectivity index (χ2v) is 7.03. The lowest BCUT2D eigenvalue weighted by atomic mass is 10.1. The monoisotopic (exact) mass is 400 g/mol. The van der Waals surface area contributed by atoms with Gasteiger partial charge in [0.2, 0.25) is 5.91 Å². The maximum atomic E-state index is 12.5. The largest absolute Gasteiger partial charge is 0.355 e. The normalized spacial score (nSPS) is 18.6. The van der Waals surface area contributed by atoms with E-state index in [1.54, 1.807) is 57.4 Å². The van der Waals surface area contributed by atoms with Crippen molar-refractivity contribution in [2.45, 2.75) is 19.1 Å². The van der Waals surface area contributed by atoms with Crippen LogP contribution in [-0.4, -0.2) is 42.5 Å². The van der Waals surface area contributed by atoms with Crippen LogP contribution in [0.3, 0.4) is 0 Å². The maximum Gasteiger partial charge on any atom is 0.251 e. The van der Waals surface area contributed by atoms with Crippen molar-refractivity contribution in [3.05, 3.63) is 64.7 Å². The molecule has 2 aromatic rings. The Labute approximate surface area is 168 Å². The lowest BCUT2D eigenvalue weighted by molar-refractivity contribution is -0.164. The van der Waals surface area contributed by atoms with Crippen molar-refractivity contribution in [1.82, 2.24) is 10.4 Å². The fourth-order valence-electron chi connectivity index (χ4n) is 2.98. The van der Waals surface area contributed by atoms with Crippen LogP contribution >= 0.6 is 11.6 Å². The van der Waals surface area contributed by atoms with Crippen molar-refractivity contribution in [2.75, 3.05) is 19.4 Å². The van der Waals surface area contributed by atoms with Crippen LogP contribution in [0.25, 0.3) is 0 Å². The number of nitrogens with one attached hydrogen (secondary N) is 2. The molecule has 0 radical (unpaired) electrons. The van der Waals surface area contributed by atoms with E-state index in [-0.39, 0.29) is 18.2 Å². The number of halogens is 1. The van der Waals surface area contributed by atoms with Gasteiger partial charge in [-0.05, 0) is 37.3 Å². The minimum Gasteiger partial charge on any atom is -0.355 e. The van der Waals surface area contributed by atoms with Crippen LogP contribution in [0.2, 0.25) is 5.02 Å². The number of amides is 2. The van der Waals surface area contributed by atoms with Gasteiger partial charge in [0.05, 0.1) is 6.42 Å². The first kappa shape index (κ1) is 19.9. The van der Waals surface area contributed by atoms with E-state index in [0.29, 0.717) is 22.1 Å². The van der Waals surface area contributed by atoms with Gasteiger partial charge in [-0.15, -0.1) is 0 Å². The summed E-state index contributed by atoms with van der Waals surface area (Å²) in [6, 6.07) is 14.0. The van der Waals surface area contributed by atoms with Gasteiger partial charge in [-0.1, -0.05) is 29.8 Å². The molecule has 0 aliphatic carbocycles. The molecule has 0 aromatic heterocycles. The number of anilines is 1. The van der Waals surface area contributed by atoms with E-state index >= 15 is 0 Å². The second kappa shape index (κ2) is 8.00. The average Bonchev–Trinajstić information content (AvgIpc) is 2.95. The summed E-state index contributed by atoms with van der Waals surface area (Å²) in [5.74, 6) is 0.0973. The third kappa shape index (κ3) is 4.49. The first-order valence-corrected chi connectivity index (χ1v) is 9.08. The second-order valence-electron chi connectivity index (χ2n) is 6.59. The van der Waals surface area contributed by atoms with E-state index in [0.717, 1.165) is 5.56 Å². The predicted molar refractivity (Wildman–Crippen MR) is 108 cm³/mol. The topological polar surface area (TPSA) is 83.0 Å². The van der Waals surface area contributed by atoms with Crippen LogP contribution in [0, 0.1) is 0 Å². The Morgan fingerprint density at radius 2 is 1.96 bits per heavy atom. The van der Waals surface area contributed by atoms with Gasteiger partial charge in [-0.25, -0.2) is 14.9 Å². The molecule has 1 atom stereocenters. The van der Waals surface area contributed by atoms with Gasteiger partial charge in [0.1, 0.15) is 0 Å². The van der Waals surface area contributed by atoms with E-state index < -0.39 is 5.72 Å². The van der Waals surface area contributed by atoms with Crippen LogP contribution in [0.15, 0.2) is 53.5 Å². The molecular weight excluding hydrogens is 380 g/mol. The average molecular weight is 401 g/mol. The quantitative estimate of drug-likeness (QED) is 0.808. The summed E-state index contributed by atoms with van der Waals surface area (Å²) in [6.07, 6.45) is 0.00556. The molecule has 0 saturated heterocycles. The molecule has 0 saturated carbocycles. The van der Waals surface area contributed by atoms with Gasteiger partial charge in [0, 0.05) is 35.9 Å². The van der Waals surface area contributed by atoms with Gasteiger partial charge in [0.25, 0.3) is 5.91 Å². The zero-order valence-corrected chi connectivity index (χ0v) is 16.6. The van der Waals surface area contributed by atoms with Crippen LogP contribution in [0.4, 0.5) is 5.69 Å². The fourth-order valence-corrected chi connectivity index (χ4v) is 3.17. The number of carbonyl (C=O) groups is 2. The number of aliphatic imine (C=N–C) groups is 1. The van der Waals surface area contributed by atoms with Gasteiger partial charge >= 0.3 is 0 Å². The highest BCUT2D eigenvalue weighted by Gasteiger charge is 2.37. The highest BCUT2D eigenvalue weighted by molar-refractivity contribution is 6.31. The molecule has 1 aliphatic rings. The number of nitrogens with zero attached hydrogens (tertiary/aromatic N) is 2. The smallest absolute Gasteiger partial charge is 0.251 e. The zero-order valence-electron chi connectivity index (χ0n) is 15.8. The Morgan fingerprint density at radius 1 is 1.21 bits per heavy atom. The molecule has 7 nitrogen and oxygen atoms in total. The van der Waals surface area contributed by atoms with Crippen molar-refractivity contribution < 1.29 is 14.4 Å². The standard InChI is InChI=1S/C20H21ClN4O3/c1-20(24-18(25(3)28-20)13-6-4-8-15(21)10-13)12-17(26)23-16-9-5-7-14(11-16)19(27)22-2/h4-11H,12H2,1-3H3,(H,22,27)(H,23,26). The van der Waals surface area contributed by atoms with E-state index in [2.05, 4.69) is 15.6 Å². The predicted octanol–water partition coefficient (Wildman–Crippen LogP) is 3.07. The molecule has 146 valence electrons. The highest BCUT2D eigenvalue weighted by atomic mass is 35.5. The molecule has 1 unspecified atom stereocenters. The van der Waals surface area contributed by atoms with Crippen LogP contribution in [-0.2, 0) is 9.63 Å². The van der Waals surface area contributed by atoms with E-state index in [1.807, 2.05) is 12.1 Å². The molecule has 2 N–H and O–H groups in total. The molecule has 0 bridgehead atoms. The Morgan fingerprint density at radius 3 is 2.68 bits per heavy atom. The Balaban J connectivity index is 1.72. The molecule has 8 heteroatoms. The number of hydrogen-bond donors (Lipinski definition) is 2. The van der Waals surface area contributed by atoms with Crippen LogP contribution < -0.4 is 10.6 Å². The van der Waals surface area contributed by atoms with Crippen molar-refractivity contribution >= 4 is 34.9 Å². The summed E-state index contributed by atoms with van der Waals surface area (Å²) in [6.45, 7) is 1.74. The molecule has 1 heterocycles. The minimum absolute atomic E-state index is 0.00556. The van der Waals surface area contributed by atoms with E-state index in [1.165, 1.54) is 5.06 Å². The van der Waals surface area contributed by atoms with Gasteiger partial charge in [-0.3, -0.25) is 9.59 Å². The molecule has 2 amide bonds. The molecule has 1 aliphatic heterocycles. The molecular formula is C20H21ClN4O3. The van der Waals surface area contributed by atoms with Crippen molar-refractivity contribution in [3.63, 3.8) is 0 Å². The van der Waals surface area contributed by atoms with Crippen molar-refractivity contribution in [2.24, 2.45) is 4.99 Å². The number of rotatable bonds is 5. The summed E-state index contributed by atoms with van der Waals surface area (Å²) in [5, 5.41) is 7.46. The number of hydrogen-bond acceptors (Lipinski definition) is 5. The third-order valence-corrected chi connectivity index (χ3v) is 4.42. The Bertz CT molecular complexity index is 947. The summed E-state index contributed by atoms with van der Waals surface area (Å²) in [4.78, 5) is 34.7. The minimum atomic E-state index is -1.05. The van der Waals surface area contributed by atoms with Gasteiger partial charge in [0.15, 0.2) is 11.6 Å². The fraction of sp³-hybridized carbons (Fsp3) is 0.250. The molecule has 0 spiro atoms. The molecule has 28 heavy (non-hydrogen) atoms. The zero-order chi connectivity index (χ0) is 20.3. The molecule has 0 fully saturated rings. The summed E-state index contributed by atoms with van der Waals surface area (Å²) >= 11 is 6.06. The van der Waals surface area contributed by atoms with Gasteiger partial charge < -0.3 is 10.6 Å². The third-order valence-electron chi connectivity index (χ3n) is 4.18.